The summed E-state index contributed by atoms with van der Waals surface area (Å²) in [6.45, 7) is 1.76. The van der Waals surface area contributed by atoms with E-state index in [-0.39, 0.29) is 36.0 Å². The fourth-order valence-electron chi connectivity index (χ4n) is 3.68. The molecule has 4 rings (SSSR count). The zero-order valence-electron chi connectivity index (χ0n) is 21.1. The first kappa shape index (κ1) is 26.7. The molecule has 0 saturated carbocycles. The second kappa shape index (κ2) is 11.8. The summed E-state index contributed by atoms with van der Waals surface area (Å²) in [7, 11) is 1.55. The van der Waals surface area contributed by atoms with Crippen molar-refractivity contribution in [2.45, 2.75) is 6.92 Å². The number of amides is 5. The monoisotopic (exact) mass is 531 g/mol. The Morgan fingerprint density at radius 3 is 2.36 bits per heavy atom. The SMILES string of the molecule is CCOc1cc(/C=C2/C(=O)NC(=O)N(c3ccc(O)cc3)C2=O)ccc1OCC(=O)Nc1ccc(OC)cc1. The molecule has 1 saturated heterocycles. The summed E-state index contributed by atoms with van der Waals surface area (Å²) >= 11 is 0. The van der Waals surface area contributed by atoms with Crippen LogP contribution in [0, 0.1) is 0 Å². The van der Waals surface area contributed by atoms with E-state index in [2.05, 4.69) is 10.6 Å². The number of rotatable bonds is 9. The maximum absolute atomic E-state index is 13.1. The van der Waals surface area contributed by atoms with E-state index in [1.54, 1.807) is 56.5 Å². The average Bonchev–Trinajstić information content (AvgIpc) is 2.92. The minimum atomic E-state index is -0.903. The average molecular weight is 532 g/mol. The van der Waals surface area contributed by atoms with Gasteiger partial charge in [-0.3, -0.25) is 19.7 Å². The summed E-state index contributed by atoms with van der Waals surface area (Å²) in [4.78, 5) is 51.1. The van der Waals surface area contributed by atoms with Crippen molar-refractivity contribution in [2.75, 3.05) is 30.5 Å². The zero-order chi connectivity index (χ0) is 27.9. The van der Waals surface area contributed by atoms with Gasteiger partial charge < -0.3 is 24.6 Å². The van der Waals surface area contributed by atoms with Gasteiger partial charge in [0.1, 0.15) is 17.1 Å². The Morgan fingerprint density at radius 1 is 0.974 bits per heavy atom. The van der Waals surface area contributed by atoms with Crippen molar-refractivity contribution in [1.29, 1.82) is 0 Å². The molecule has 39 heavy (non-hydrogen) atoms. The first-order chi connectivity index (χ1) is 18.8. The Balaban J connectivity index is 1.51. The molecule has 0 aromatic heterocycles. The molecule has 0 aliphatic carbocycles. The largest absolute Gasteiger partial charge is 0.508 e. The fourth-order valence-corrected chi connectivity index (χ4v) is 3.68. The topological polar surface area (TPSA) is 144 Å². The van der Waals surface area contributed by atoms with Crippen LogP contribution >= 0.6 is 0 Å². The second-order valence-corrected chi connectivity index (χ2v) is 8.18. The van der Waals surface area contributed by atoms with E-state index in [0.717, 1.165) is 4.90 Å². The smallest absolute Gasteiger partial charge is 0.335 e. The highest BCUT2D eigenvalue weighted by atomic mass is 16.5. The van der Waals surface area contributed by atoms with E-state index in [1.165, 1.54) is 30.3 Å². The zero-order valence-corrected chi connectivity index (χ0v) is 21.1. The van der Waals surface area contributed by atoms with E-state index in [1.807, 2.05) is 0 Å². The number of methoxy groups -OCH3 is 1. The first-order valence-corrected chi connectivity index (χ1v) is 11.8. The number of anilines is 2. The van der Waals surface area contributed by atoms with Gasteiger partial charge in [-0.1, -0.05) is 6.07 Å². The van der Waals surface area contributed by atoms with Gasteiger partial charge >= 0.3 is 6.03 Å². The van der Waals surface area contributed by atoms with Crippen molar-refractivity contribution >= 4 is 41.2 Å². The number of nitrogens with one attached hydrogen (secondary N) is 2. The molecule has 1 fully saturated rings. The number of carbonyl (C=O) groups is 4. The molecule has 3 N–H and O–H groups in total. The predicted octanol–water partition coefficient (Wildman–Crippen LogP) is 3.48. The Hall–Kier alpha value is -5.32. The molecule has 0 bridgehead atoms. The molecule has 1 heterocycles. The van der Waals surface area contributed by atoms with Gasteiger partial charge in [0, 0.05) is 5.69 Å². The van der Waals surface area contributed by atoms with E-state index in [9.17, 15) is 24.3 Å². The highest BCUT2D eigenvalue weighted by Gasteiger charge is 2.36. The lowest BCUT2D eigenvalue weighted by atomic mass is 10.1. The number of hydrogen-bond donors (Lipinski definition) is 3. The maximum Gasteiger partial charge on any atom is 0.335 e. The highest BCUT2D eigenvalue weighted by Crippen LogP contribution is 2.30. The number of nitrogens with zero attached hydrogens (tertiary/aromatic N) is 1. The molecule has 11 nitrogen and oxygen atoms in total. The number of phenolic OH excluding ortho intramolecular Hbond substituents is 1. The lowest BCUT2D eigenvalue weighted by Gasteiger charge is -2.26. The van der Waals surface area contributed by atoms with Crippen molar-refractivity contribution in [3.63, 3.8) is 0 Å². The molecule has 5 amide bonds. The number of benzene rings is 3. The van der Waals surface area contributed by atoms with Crippen molar-refractivity contribution in [2.24, 2.45) is 0 Å². The van der Waals surface area contributed by atoms with Gasteiger partial charge in [-0.05, 0) is 79.2 Å². The van der Waals surface area contributed by atoms with Crippen LogP contribution in [-0.2, 0) is 14.4 Å². The Labute approximate surface area is 223 Å². The van der Waals surface area contributed by atoms with Crippen LogP contribution in [-0.4, -0.2) is 49.2 Å². The fraction of sp³-hybridized carbons (Fsp3) is 0.143. The first-order valence-electron chi connectivity index (χ1n) is 11.8. The number of phenols is 1. The van der Waals surface area contributed by atoms with E-state index < -0.39 is 23.8 Å². The molecule has 200 valence electrons. The van der Waals surface area contributed by atoms with Crippen molar-refractivity contribution in [1.82, 2.24) is 5.32 Å². The standard InChI is InChI=1S/C28H25N3O8/c1-3-38-24-15-17(4-13-23(24)39-16-25(33)29-18-5-11-21(37-2)12-6-18)14-22-26(34)30-28(36)31(27(22)35)19-7-9-20(32)10-8-19/h4-15,32H,3,16H2,1-2H3,(H,29,33)(H,30,34,36)/b22-14-. The lowest BCUT2D eigenvalue weighted by Crippen LogP contribution is -2.54. The summed E-state index contributed by atoms with van der Waals surface area (Å²) in [5.41, 5.74) is 0.900. The van der Waals surface area contributed by atoms with Crippen LogP contribution in [0.4, 0.5) is 16.2 Å². The minimum Gasteiger partial charge on any atom is -0.508 e. The van der Waals surface area contributed by atoms with Crippen LogP contribution in [0.25, 0.3) is 6.08 Å². The number of hydrogen-bond acceptors (Lipinski definition) is 8. The number of imide groups is 2. The molecule has 0 unspecified atom stereocenters. The molecule has 3 aromatic carbocycles. The molecular weight excluding hydrogens is 506 g/mol. The summed E-state index contributed by atoms with van der Waals surface area (Å²) < 4.78 is 16.4. The van der Waals surface area contributed by atoms with E-state index >= 15 is 0 Å². The summed E-state index contributed by atoms with van der Waals surface area (Å²) in [6, 6.07) is 16.0. The van der Waals surface area contributed by atoms with Gasteiger partial charge in [0.2, 0.25) is 0 Å². The van der Waals surface area contributed by atoms with Crippen molar-refractivity contribution < 1.29 is 38.5 Å². The molecule has 1 aliphatic heterocycles. The van der Waals surface area contributed by atoms with Crippen LogP contribution in [0.1, 0.15) is 12.5 Å². The van der Waals surface area contributed by atoms with Gasteiger partial charge in [0.05, 0.1) is 19.4 Å². The lowest BCUT2D eigenvalue weighted by molar-refractivity contribution is -0.122. The molecular formula is C28H25N3O8. The number of carbonyl (C=O) groups excluding carboxylic acids is 4. The Kier molecular flexibility index (Phi) is 8.10. The van der Waals surface area contributed by atoms with Crippen LogP contribution in [0.3, 0.4) is 0 Å². The van der Waals surface area contributed by atoms with Crippen molar-refractivity contribution in [3.05, 3.63) is 77.9 Å². The summed E-state index contributed by atoms with van der Waals surface area (Å²) in [5.74, 6) is -0.885. The van der Waals surface area contributed by atoms with Crippen molar-refractivity contribution in [3.8, 4) is 23.0 Å². The number of aromatic hydroxyl groups is 1. The molecule has 11 heteroatoms. The van der Waals surface area contributed by atoms with Crippen LogP contribution in [0.15, 0.2) is 72.3 Å². The Bertz CT molecular complexity index is 1430. The molecule has 0 atom stereocenters. The number of barbiturate groups is 1. The number of urea groups is 1. The van der Waals surface area contributed by atoms with Gasteiger partial charge in [0.25, 0.3) is 17.7 Å². The third-order valence-electron chi connectivity index (χ3n) is 5.52. The molecule has 0 radical (unpaired) electrons. The molecule has 3 aromatic rings. The second-order valence-electron chi connectivity index (χ2n) is 8.18. The maximum atomic E-state index is 13.1. The third kappa shape index (κ3) is 6.34. The van der Waals surface area contributed by atoms with E-state index in [4.69, 9.17) is 14.2 Å². The number of ether oxygens (including phenoxy) is 3. The van der Waals surface area contributed by atoms with E-state index in [0.29, 0.717) is 22.7 Å². The quantitative estimate of drug-likeness (QED) is 0.281. The summed E-state index contributed by atoms with van der Waals surface area (Å²) in [6.07, 6.45) is 1.32. The highest BCUT2D eigenvalue weighted by molar-refractivity contribution is 6.39. The molecule has 0 spiro atoms. The third-order valence-corrected chi connectivity index (χ3v) is 5.52. The normalized spacial score (nSPS) is 14.2. The van der Waals surface area contributed by atoms with Gasteiger partial charge in [-0.15, -0.1) is 0 Å². The predicted molar refractivity (Wildman–Crippen MR) is 142 cm³/mol. The van der Waals surface area contributed by atoms with Crippen LogP contribution < -0.4 is 29.7 Å². The van der Waals surface area contributed by atoms with Crippen LogP contribution in [0.2, 0.25) is 0 Å². The molecule has 1 aliphatic rings. The minimum absolute atomic E-state index is 0.0422. The van der Waals surface area contributed by atoms with Crippen LogP contribution in [0.5, 0.6) is 23.0 Å². The Morgan fingerprint density at radius 2 is 1.69 bits per heavy atom. The van der Waals surface area contributed by atoms with Gasteiger partial charge in [0.15, 0.2) is 18.1 Å². The van der Waals surface area contributed by atoms with Gasteiger partial charge in [-0.25, -0.2) is 9.69 Å². The van der Waals surface area contributed by atoms with Gasteiger partial charge in [-0.2, -0.15) is 0 Å². The summed E-state index contributed by atoms with van der Waals surface area (Å²) in [5, 5.41) is 14.4.